The van der Waals surface area contributed by atoms with Crippen molar-refractivity contribution in [2.75, 3.05) is 0 Å². The Kier molecular flexibility index (Phi) is 2.46. The number of rotatable bonds is 1. The molecule has 0 amide bonds. The van der Waals surface area contributed by atoms with E-state index in [2.05, 4.69) is 4.98 Å². The van der Waals surface area contributed by atoms with Gasteiger partial charge >= 0.3 is 6.18 Å². The molecule has 6 heteroatoms. The van der Waals surface area contributed by atoms with Gasteiger partial charge in [-0.05, 0) is 19.3 Å². The van der Waals surface area contributed by atoms with Gasteiger partial charge in [0, 0.05) is 18.8 Å². The molecule has 0 saturated heterocycles. The van der Waals surface area contributed by atoms with Crippen LogP contribution < -0.4 is 5.73 Å². The van der Waals surface area contributed by atoms with Crippen molar-refractivity contribution in [3.05, 3.63) is 17.2 Å². The van der Waals surface area contributed by atoms with Gasteiger partial charge in [0.15, 0.2) is 0 Å². The number of hydrogen-bond acceptors (Lipinski definition) is 2. The first-order valence-electron chi connectivity index (χ1n) is 4.89. The summed E-state index contributed by atoms with van der Waals surface area (Å²) < 4.78 is 39.1. The molecule has 1 aliphatic rings. The van der Waals surface area contributed by atoms with E-state index < -0.39 is 12.0 Å². The van der Waals surface area contributed by atoms with E-state index in [4.69, 9.17) is 5.73 Å². The molecule has 0 bridgehead atoms. The SMILES string of the molecule is NCc1nc(C(F)(F)F)n2c1CCCC2. The summed E-state index contributed by atoms with van der Waals surface area (Å²) in [5.41, 5.74) is 6.44. The van der Waals surface area contributed by atoms with E-state index in [-0.39, 0.29) is 6.54 Å². The van der Waals surface area contributed by atoms with Gasteiger partial charge in [0.1, 0.15) is 0 Å². The van der Waals surface area contributed by atoms with Crippen molar-refractivity contribution < 1.29 is 13.2 Å². The minimum Gasteiger partial charge on any atom is -0.325 e. The number of imidazole rings is 1. The van der Waals surface area contributed by atoms with E-state index in [0.717, 1.165) is 12.8 Å². The molecule has 3 nitrogen and oxygen atoms in total. The minimum atomic E-state index is -4.38. The van der Waals surface area contributed by atoms with E-state index in [9.17, 15) is 13.2 Å². The number of nitrogens with zero attached hydrogens (tertiary/aromatic N) is 2. The first-order valence-corrected chi connectivity index (χ1v) is 4.89. The molecule has 0 atom stereocenters. The Labute approximate surface area is 85.1 Å². The average Bonchev–Trinajstić information content (AvgIpc) is 2.55. The third-order valence-electron chi connectivity index (χ3n) is 2.65. The second kappa shape index (κ2) is 3.52. The topological polar surface area (TPSA) is 43.8 Å². The predicted molar refractivity (Wildman–Crippen MR) is 48.1 cm³/mol. The van der Waals surface area contributed by atoms with Crippen LogP contribution in [0.25, 0.3) is 0 Å². The summed E-state index contributed by atoms with van der Waals surface area (Å²) >= 11 is 0. The molecule has 0 unspecified atom stereocenters. The Bertz CT molecular complexity index is 367. The van der Waals surface area contributed by atoms with Crippen LogP contribution in [0.3, 0.4) is 0 Å². The highest BCUT2D eigenvalue weighted by atomic mass is 19.4. The molecular formula is C9H12F3N3. The number of nitrogens with two attached hydrogens (primary N) is 1. The van der Waals surface area contributed by atoms with E-state index in [1.165, 1.54) is 4.57 Å². The molecule has 2 rings (SSSR count). The van der Waals surface area contributed by atoms with Gasteiger partial charge in [-0.2, -0.15) is 13.2 Å². The molecular weight excluding hydrogens is 207 g/mol. The Balaban J connectivity index is 2.52. The zero-order valence-corrected chi connectivity index (χ0v) is 8.14. The molecule has 1 aromatic heterocycles. The fourth-order valence-corrected chi connectivity index (χ4v) is 2.00. The fourth-order valence-electron chi connectivity index (χ4n) is 2.00. The van der Waals surface area contributed by atoms with Crippen molar-refractivity contribution in [1.82, 2.24) is 9.55 Å². The monoisotopic (exact) mass is 219 g/mol. The summed E-state index contributed by atoms with van der Waals surface area (Å²) in [6.07, 6.45) is -2.04. The molecule has 15 heavy (non-hydrogen) atoms. The molecule has 0 aromatic carbocycles. The van der Waals surface area contributed by atoms with Crippen LogP contribution in [0.15, 0.2) is 0 Å². The van der Waals surface area contributed by atoms with Crippen LogP contribution in [0.1, 0.15) is 30.1 Å². The van der Waals surface area contributed by atoms with Crippen LogP contribution in [0, 0.1) is 0 Å². The highest BCUT2D eigenvalue weighted by Gasteiger charge is 2.38. The molecule has 1 aromatic rings. The minimum absolute atomic E-state index is 0.0748. The first-order chi connectivity index (χ1) is 7.04. The van der Waals surface area contributed by atoms with Crippen LogP contribution in [-0.4, -0.2) is 9.55 Å². The predicted octanol–water partition coefficient (Wildman–Crippen LogP) is 1.70. The van der Waals surface area contributed by atoms with Gasteiger partial charge in [-0.25, -0.2) is 4.98 Å². The number of alkyl halides is 3. The van der Waals surface area contributed by atoms with Crippen LogP contribution in [0.4, 0.5) is 13.2 Å². The number of hydrogen-bond donors (Lipinski definition) is 1. The van der Waals surface area contributed by atoms with Crippen LogP contribution in [-0.2, 0) is 25.7 Å². The van der Waals surface area contributed by atoms with E-state index in [1.807, 2.05) is 0 Å². The van der Waals surface area contributed by atoms with Crippen molar-refractivity contribution in [1.29, 1.82) is 0 Å². The van der Waals surface area contributed by atoms with Crippen molar-refractivity contribution >= 4 is 0 Å². The molecule has 84 valence electrons. The van der Waals surface area contributed by atoms with E-state index in [1.54, 1.807) is 0 Å². The maximum atomic E-state index is 12.6. The van der Waals surface area contributed by atoms with Crippen LogP contribution in [0.2, 0.25) is 0 Å². The second-order valence-corrected chi connectivity index (χ2v) is 3.64. The Morgan fingerprint density at radius 2 is 2.07 bits per heavy atom. The quantitative estimate of drug-likeness (QED) is 0.781. The maximum absolute atomic E-state index is 12.6. The van der Waals surface area contributed by atoms with Gasteiger partial charge in [0.2, 0.25) is 5.82 Å². The summed E-state index contributed by atoms with van der Waals surface area (Å²) in [5.74, 6) is -0.794. The normalized spacial score (nSPS) is 16.5. The molecule has 2 heterocycles. The fraction of sp³-hybridized carbons (Fsp3) is 0.667. The smallest absolute Gasteiger partial charge is 0.325 e. The van der Waals surface area contributed by atoms with Gasteiger partial charge < -0.3 is 10.3 Å². The highest BCUT2D eigenvalue weighted by Crippen LogP contribution is 2.32. The molecule has 0 saturated carbocycles. The van der Waals surface area contributed by atoms with Gasteiger partial charge in [-0.1, -0.05) is 0 Å². The third-order valence-corrected chi connectivity index (χ3v) is 2.65. The largest absolute Gasteiger partial charge is 0.449 e. The summed E-state index contributed by atoms with van der Waals surface area (Å²) in [4.78, 5) is 3.59. The van der Waals surface area contributed by atoms with Gasteiger partial charge in [0.05, 0.1) is 5.69 Å². The third kappa shape index (κ3) is 1.73. The summed E-state index contributed by atoms with van der Waals surface area (Å²) in [5, 5.41) is 0. The molecule has 0 spiro atoms. The lowest BCUT2D eigenvalue weighted by molar-refractivity contribution is -0.147. The molecule has 0 radical (unpaired) electrons. The summed E-state index contributed by atoms with van der Waals surface area (Å²) in [6.45, 7) is 0.475. The van der Waals surface area contributed by atoms with Gasteiger partial charge in [-0.15, -0.1) is 0 Å². The number of aromatic nitrogens is 2. The number of fused-ring (bicyclic) bond motifs is 1. The molecule has 2 N–H and O–H groups in total. The highest BCUT2D eigenvalue weighted by molar-refractivity contribution is 5.20. The van der Waals surface area contributed by atoms with Gasteiger partial charge in [0.25, 0.3) is 0 Å². The summed E-state index contributed by atoms with van der Waals surface area (Å²) in [6, 6.07) is 0. The standard InChI is InChI=1S/C9H12F3N3/c10-9(11,12)8-14-6(5-13)7-3-1-2-4-15(7)8/h1-5,13H2. The maximum Gasteiger partial charge on any atom is 0.449 e. The second-order valence-electron chi connectivity index (χ2n) is 3.64. The van der Waals surface area contributed by atoms with Crippen LogP contribution in [0.5, 0.6) is 0 Å². The van der Waals surface area contributed by atoms with E-state index in [0.29, 0.717) is 24.4 Å². The van der Waals surface area contributed by atoms with Crippen molar-refractivity contribution in [2.45, 2.75) is 38.5 Å². The Hall–Kier alpha value is -1.04. The molecule has 0 fully saturated rings. The van der Waals surface area contributed by atoms with Crippen LogP contribution >= 0.6 is 0 Å². The van der Waals surface area contributed by atoms with Crippen molar-refractivity contribution in [2.24, 2.45) is 5.73 Å². The first kappa shape index (κ1) is 10.5. The number of halogens is 3. The van der Waals surface area contributed by atoms with E-state index >= 15 is 0 Å². The lowest BCUT2D eigenvalue weighted by Gasteiger charge is -2.17. The summed E-state index contributed by atoms with van der Waals surface area (Å²) in [7, 11) is 0. The van der Waals surface area contributed by atoms with Gasteiger partial charge in [-0.3, -0.25) is 0 Å². The molecule has 1 aliphatic heterocycles. The molecule has 0 aliphatic carbocycles. The Morgan fingerprint density at radius 1 is 1.33 bits per heavy atom. The average molecular weight is 219 g/mol. The lowest BCUT2D eigenvalue weighted by atomic mass is 10.1. The zero-order chi connectivity index (χ0) is 11.1. The van der Waals surface area contributed by atoms with Crippen molar-refractivity contribution in [3.8, 4) is 0 Å². The Morgan fingerprint density at radius 3 is 2.67 bits per heavy atom. The van der Waals surface area contributed by atoms with Crippen molar-refractivity contribution in [3.63, 3.8) is 0 Å². The lowest BCUT2D eigenvalue weighted by Crippen LogP contribution is -2.19. The zero-order valence-electron chi connectivity index (χ0n) is 8.14.